The molecule has 0 aliphatic rings. The van der Waals surface area contributed by atoms with Gasteiger partial charge in [0, 0.05) is 28.5 Å². The second-order valence-corrected chi connectivity index (χ2v) is 5.15. The second-order valence-electron chi connectivity index (χ2n) is 5.15. The van der Waals surface area contributed by atoms with E-state index in [-0.39, 0.29) is 11.4 Å². The minimum atomic E-state index is -0.401. The van der Waals surface area contributed by atoms with Gasteiger partial charge in [0.1, 0.15) is 0 Å². The van der Waals surface area contributed by atoms with Crippen LogP contribution in [-0.4, -0.2) is 16.2 Å². The Morgan fingerprint density at radius 3 is 2.13 bits per heavy atom. The topological polar surface area (TPSA) is 65.3 Å². The first kappa shape index (κ1) is 14.7. The number of ketones is 1. The van der Waals surface area contributed by atoms with Crippen LogP contribution < -0.4 is 9.46 Å². The summed E-state index contributed by atoms with van der Waals surface area (Å²) in [5.74, 6) is -0.401. The van der Waals surface area contributed by atoms with Crippen LogP contribution >= 0.6 is 0 Å². The van der Waals surface area contributed by atoms with E-state index in [1.54, 1.807) is 37.3 Å². The average Bonchev–Trinajstić information content (AvgIpc) is 2.59. The summed E-state index contributed by atoms with van der Waals surface area (Å²) < 4.78 is 1.72. The number of benzene rings is 2. The molecule has 0 bridgehead atoms. The number of allylic oxidation sites excluding steroid dienone is 1. The molecular weight excluding hydrogens is 292 g/mol. The summed E-state index contributed by atoms with van der Waals surface area (Å²) in [4.78, 5) is 12.5. The van der Waals surface area contributed by atoms with E-state index in [4.69, 9.17) is 0 Å². The highest BCUT2D eigenvalue weighted by Crippen LogP contribution is 2.10. The number of hydrogen-bond acceptors (Lipinski definition) is 3. The van der Waals surface area contributed by atoms with Crippen molar-refractivity contribution >= 4 is 22.9 Å². The van der Waals surface area contributed by atoms with Crippen molar-refractivity contribution < 1.29 is 24.7 Å². The van der Waals surface area contributed by atoms with Gasteiger partial charge in [0.25, 0.3) is 5.78 Å². The van der Waals surface area contributed by atoms with Crippen LogP contribution in [0.5, 0.6) is 0 Å². The van der Waals surface area contributed by atoms with E-state index >= 15 is 0 Å². The van der Waals surface area contributed by atoms with Crippen LogP contribution in [0.4, 0.5) is 0 Å². The molecule has 1 aromatic heterocycles. The van der Waals surface area contributed by atoms with E-state index < -0.39 is 5.78 Å². The molecule has 0 amide bonds. The lowest BCUT2D eigenvalue weighted by Gasteiger charge is -1.98. The van der Waals surface area contributed by atoms with Crippen LogP contribution in [0.1, 0.15) is 21.7 Å². The van der Waals surface area contributed by atoms with Crippen LogP contribution in [0.2, 0.25) is 0 Å². The molecule has 2 aromatic carbocycles. The van der Waals surface area contributed by atoms with E-state index in [1.165, 1.54) is 6.08 Å². The van der Waals surface area contributed by atoms with E-state index in [9.17, 15) is 15.2 Å². The van der Waals surface area contributed by atoms with Gasteiger partial charge in [-0.3, -0.25) is 15.2 Å². The van der Waals surface area contributed by atoms with E-state index in [0.29, 0.717) is 11.0 Å². The fourth-order valence-electron chi connectivity index (χ4n) is 2.47. The Hall–Kier alpha value is -3.21. The summed E-state index contributed by atoms with van der Waals surface area (Å²) >= 11 is 0. The molecule has 0 radical (unpaired) electrons. The molecule has 0 aliphatic carbocycles. The van der Waals surface area contributed by atoms with Gasteiger partial charge in [-0.05, 0) is 11.6 Å². The predicted octanol–water partition coefficient (Wildman–Crippen LogP) is 2.09. The zero-order valence-electron chi connectivity index (χ0n) is 12.5. The molecule has 0 unspecified atom stereocenters. The van der Waals surface area contributed by atoms with Gasteiger partial charge in [-0.2, -0.15) is 0 Å². The van der Waals surface area contributed by atoms with Crippen molar-refractivity contribution in [2.75, 3.05) is 0 Å². The van der Waals surface area contributed by atoms with Crippen LogP contribution in [0.15, 0.2) is 60.7 Å². The van der Waals surface area contributed by atoms with Crippen molar-refractivity contribution in [3.8, 4) is 0 Å². The zero-order valence-corrected chi connectivity index (χ0v) is 12.5. The summed E-state index contributed by atoms with van der Waals surface area (Å²) in [5.41, 5.74) is 1.90. The molecular formula is C18H16N2O3+2. The molecule has 3 rings (SSSR count). The summed E-state index contributed by atoms with van der Waals surface area (Å²) in [5, 5.41) is 20.6. The first-order valence-electron chi connectivity index (χ1n) is 7.15. The predicted molar refractivity (Wildman–Crippen MR) is 83.3 cm³/mol. The number of carbonyl (C=O) groups is 1. The normalized spacial score (nSPS) is 11.2. The highest BCUT2D eigenvalue weighted by atomic mass is 16.5. The number of rotatable bonds is 3. The van der Waals surface area contributed by atoms with Gasteiger partial charge in [0.2, 0.25) is 0 Å². The summed E-state index contributed by atoms with van der Waals surface area (Å²) in [6.45, 7) is 1.57. The van der Waals surface area contributed by atoms with Gasteiger partial charge >= 0.3 is 22.4 Å². The van der Waals surface area contributed by atoms with Gasteiger partial charge in [-0.25, -0.2) is 0 Å². The standard InChI is InChI=1S/C18H16N2O3/c1-13-18(17(21)12-11-14-7-3-2-4-8-14)20(23)16-10-6-5-9-15(16)19(13)22/h2-12,22-23H,1H3/q+2/b12-11+. The van der Waals surface area contributed by atoms with Crippen molar-refractivity contribution in [3.63, 3.8) is 0 Å². The van der Waals surface area contributed by atoms with Crippen LogP contribution in [0.3, 0.4) is 0 Å². The van der Waals surface area contributed by atoms with Crippen LogP contribution in [0, 0.1) is 6.92 Å². The van der Waals surface area contributed by atoms with Gasteiger partial charge in [0.05, 0.1) is 0 Å². The lowest BCUT2D eigenvalue weighted by Crippen LogP contribution is -2.49. The zero-order chi connectivity index (χ0) is 16.4. The SMILES string of the molecule is Cc1c(C(=O)/C=C/c2ccccc2)[n+](O)c2ccccc2[n+]1O. The summed E-state index contributed by atoms with van der Waals surface area (Å²) in [6.07, 6.45) is 3.04. The third-order valence-electron chi connectivity index (χ3n) is 3.67. The average molecular weight is 308 g/mol. The van der Waals surface area contributed by atoms with Crippen LogP contribution in [0.25, 0.3) is 17.1 Å². The minimum absolute atomic E-state index is 0.0124. The van der Waals surface area contributed by atoms with Crippen molar-refractivity contribution in [1.29, 1.82) is 0 Å². The quantitative estimate of drug-likeness (QED) is 0.337. The Kier molecular flexibility index (Phi) is 3.76. The van der Waals surface area contributed by atoms with E-state index in [0.717, 1.165) is 15.0 Å². The van der Waals surface area contributed by atoms with Crippen molar-refractivity contribution in [3.05, 3.63) is 77.6 Å². The molecule has 114 valence electrons. The Morgan fingerprint density at radius 1 is 0.913 bits per heavy atom. The molecule has 23 heavy (non-hydrogen) atoms. The molecule has 0 saturated heterocycles. The lowest BCUT2D eigenvalue weighted by molar-refractivity contribution is -0.924. The van der Waals surface area contributed by atoms with Gasteiger partial charge in [0.15, 0.2) is 0 Å². The van der Waals surface area contributed by atoms with Crippen molar-refractivity contribution in [2.45, 2.75) is 6.92 Å². The largest absolute Gasteiger partial charge is 0.375 e. The Bertz CT molecular complexity index is 918. The minimum Gasteiger partial charge on any atom is -0.284 e. The number of fused-ring (bicyclic) bond motifs is 1. The maximum absolute atomic E-state index is 12.5. The summed E-state index contributed by atoms with van der Waals surface area (Å²) in [6, 6.07) is 16.1. The Labute approximate surface area is 132 Å². The maximum atomic E-state index is 12.5. The first-order valence-corrected chi connectivity index (χ1v) is 7.15. The second kappa shape index (κ2) is 5.88. The first-order chi connectivity index (χ1) is 11.1. The Morgan fingerprint density at radius 2 is 1.48 bits per heavy atom. The highest BCUT2D eigenvalue weighted by molar-refractivity contribution is 6.05. The molecule has 0 fully saturated rings. The number of nitrogens with zero attached hydrogens (tertiary/aromatic N) is 2. The smallest absolute Gasteiger partial charge is 0.284 e. The van der Waals surface area contributed by atoms with Gasteiger partial charge in [-0.15, -0.1) is 0 Å². The third-order valence-corrected chi connectivity index (χ3v) is 3.67. The van der Waals surface area contributed by atoms with Gasteiger partial charge < -0.3 is 0 Å². The maximum Gasteiger partial charge on any atom is 0.375 e. The molecule has 1 heterocycles. The Balaban J connectivity index is 2.09. The van der Waals surface area contributed by atoms with Crippen molar-refractivity contribution in [2.24, 2.45) is 0 Å². The van der Waals surface area contributed by atoms with Gasteiger partial charge in [-0.1, -0.05) is 48.5 Å². The van der Waals surface area contributed by atoms with E-state index in [1.807, 2.05) is 30.3 Å². The number of aromatic nitrogens is 2. The molecule has 3 aromatic rings. The third kappa shape index (κ3) is 2.64. The number of para-hydroxylation sites is 2. The van der Waals surface area contributed by atoms with E-state index in [2.05, 4.69) is 0 Å². The van der Waals surface area contributed by atoms with Crippen LogP contribution in [-0.2, 0) is 0 Å². The fourth-order valence-corrected chi connectivity index (χ4v) is 2.47. The molecule has 5 heteroatoms. The number of carbonyl (C=O) groups excluding carboxylic acids is 1. The molecule has 0 spiro atoms. The molecule has 5 nitrogen and oxygen atoms in total. The van der Waals surface area contributed by atoms with Crippen molar-refractivity contribution in [1.82, 2.24) is 0 Å². The highest BCUT2D eigenvalue weighted by Gasteiger charge is 2.35. The summed E-state index contributed by atoms with van der Waals surface area (Å²) in [7, 11) is 0. The molecule has 2 N–H and O–H groups in total. The monoisotopic (exact) mass is 308 g/mol. The fraction of sp³-hybridized carbons (Fsp3) is 0.0556. The lowest BCUT2D eigenvalue weighted by atomic mass is 10.1. The molecule has 0 aliphatic heterocycles. The number of hydrogen-bond donors (Lipinski definition) is 2. The molecule has 0 atom stereocenters. The molecule has 0 saturated carbocycles.